The Morgan fingerprint density at radius 3 is 2.48 bits per heavy atom. The van der Waals surface area contributed by atoms with Gasteiger partial charge in [-0.3, -0.25) is 0 Å². The minimum absolute atomic E-state index is 0.466. The summed E-state index contributed by atoms with van der Waals surface area (Å²) in [6, 6.07) is 16.0. The number of rotatable bonds is 2. The van der Waals surface area contributed by atoms with Crippen LogP contribution in [-0.4, -0.2) is 14.2 Å². The second kappa shape index (κ2) is 5.25. The van der Waals surface area contributed by atoms with E-state index >= 15 is 0 Å². The standard InChI is InChI=1S/C19H14O3S/c1-20-12-9-15(21-2)18-16(10-12)22-19(23)14-8-7-11-5-3-4-6-13(11)17(14)18/h3-10H,1-2H3. The van der Waals surface area contributed by atoms with Gasteiger partial charge >= 0.3 is 0 Å². The van der Waals surface area contributed by atoms with E-state index < -0.39 is 0 Å². The predicted octanol–water partition coefficient (Wildman–Crippen LogP) is 5.49. The highest BCUT2D eigenvalue weighted by Gasteiger charge is 2.14. The quantitative estimate of drug-likeness (QED) is 0.361. The molecule has 0 amide bonds. The Morgan fingerprint density at radius 1 is 0.870 bits per heavy atom. The molecule has 1 aromatic heterocycles. The predicted molar refractivity (Wildman–Crippen MR) is 95.2 cm³/mol. The van der Waals surface area contributed by atoms with Crippen molar-refractivity contribution < 1.29 is 13.9 Å². The Morgan fingerprint density at radius 2 is 1.70 bits per heavy atom. The molecule has 3 nitrogen and oxygen atoms in total. The molecule has 0 radical (unpaired) electrons. The number of ether oxygens (including phenoxy) is 2. The van der Waals surface area contributed by atoms with Gasteiger partial charge in [0.15, 0.2) is 4.71 Å². The molecule has 4 aromatic rings. The van der Waals surface area contributed by atoms with E-state index in [4.69, 9.17) is 26.1 Å². The zero-order valence-electron chi connectivity index (χ0n) is 12.8. The lowest BCUT2D eigenvalue weighted by molar-refractivity contribution is 0.396. The highest BCUT2D eigenvalue weighted by molar-refractivity contribution is 7.71. The van der Waals surface area contributed by atoms with Gasteiger partial charge < -0.3 is 13.9 Å². The maximum atomic E-state index is 5.86. The molecule has 0 fully saturated rings. The van der Waals surface area contributed by atoms with Crippen LogP contribution in [0, 0.1) is 4.71 Å². The van der Waals surface area contributed by atoms with Crippen LogP contribution in [0.25, 0.3) is 32.5 Å². The first-order valence-corrected chi connectivity index (χ1v) is 7.64. The number of methoxy groups -OCH3 is 2. The van der Waals surface area contributed by atoms with E-state index in [2.05, 4.69) is 18.2 Å². The average molecular weight is 322 g/mol. The third-order valence-electron chi connectivity index (χ3n) is 4.10. The highest BCUT2D eigenvalue weighted by atomic mass is 32.1. The summed E-state index contributed by atoms with van der Waals surface area (Å²) in [6.07, 6.45) is 0. The van der Waals surface area contributed by atoms with Gasteiger partial charge in [-0.05, 0) is 29.1 Å². The molecule has 4 rings (SSSR count). The van der Waals surface area contributed by atoms with Crippen LogP contribution in [0.3, 0.4) is 0 Å². The van der Waals surface area contributed by atoms with Crippen LogP contribution in [0.4, 0.5) is 0 Å². The molecule has 0 saturated carbocycles. The third kappa shape index (κ3) is 2.06. The molecule has 0 saturated heterocycles. The van der Waals surface area contributed by atoms with E-state index in [1.54, 1.807) is 14.2 Å². The number of hydrogen-bond acceptors (Lipinski definition) is 4. The molecule has 0 N–H and O–H groups in total. The van der Waals surface area contributed by atoms with Crippen molar-refractivity contribution in [2.45, 2.75) is 0 Å². The van der Waals surface area contributed by atoms with Crippen LogP contribution in [0.1, 0.15) is 0 Å². The molecule has 1 heterocycles. The zero-order valence-corrected chi connectivity index (χ0v) is 13.6. The lowest BCUT2D eigenvalue weighted by atomic mass is 9.99. The average Bonchev–Trinajstić information content (AvgIpc) is 2.60. The lowest BCUT2D eigenvalue weighted by Gasteiger charge is -2.12. The maximum absolute atomic E-state index is 5.86. The summed E-state index contributed by atoms with van der Waals surface area (Å²) < 4.78 is 17.3. The Labute approximate surface area is 138 Å². The number of fused-ring (bicyclic) bond motifs is 5. The molecule has 4 heteroatoms. The summed E-state index contributed by atoms with van der Waals surface area (Å²) in [6.45, 7) is 0. The van der Waals surface area contributed by atoms with Gasteiger partial charge in [-0.1, -0.05) is 30.3 Å². The molecule has 0 aliphatic rings. The minimum atomic E-state index is 0.466. The zero-order chi connectivity index (χ0) is 16.0. The lowest BCUT2D eigenvalue weighted by Crippen LogP contribution is -1.91. The first kappa shape index (κ1) is 14.0. The van der Waals surface area contributed by atoms with Crippen molar-refractivity contribution in [3.05, 3.63) is 53.2 Å². The Kier molecular flexibility index (Phi) is 3.20. The van der Waals surface area contributed by atoms with Gasteiger partial charge in [-0.15, -0.1) is 0 Å². The van der Waals surface area contributed by atoms with E-state index in [9.17, 15) is 0 Å². The maximum Gasteiger partial charge on any atom is 0.198 e. The van der Waals surface area contributed by atoms with Crippen molar-refractivity contribution in [2.75, 3.05) is 14.2 Å². The van der Waals surface area contributed by atoms with Gasteiger partial charge in [0.1, 0.15) is 17.1 Å². The van der Waals surface area contributed by atoms with Crippen molar-refractivity contribution in [1.82, 2.24) is 0 Å². The van der Waals surface area contributed by atoms with Crippen molar-refractivity contribution in [2.24, 2.45) is 0 Å². The molecule has 0 atom stereocenters. The largest absolute Gasteiger partial charge is 0.496 e. The Hall–Kier alpha value is -2.59. The van der Waals surface area contributed by atoms with Crippen molar-refractivity contribution in [1.29, 1.82) is 0 Å². The van der Waals surface area contributed by atoms with Crippen molar-refractivity contribution >= 4 is 44.7 Å². The van der Waals surface area contributed by atoms with Gasteiger partial charge in [0, 0.05) is 22.9 Å². The smallest absolute Gasteiger partial charge is 0.198 e. The van der Waals surface area contributed by atoms with Crippen molar-refractivity contribution in [3.63, 3.8) is 0 Å². The fraction of sp³-hybridized carbons (Fsp3) is 0.105. The molecule has 0 bridgehead atoms. The number of hydrogen-bond donors (Lipinski definition) is 0. The Balaban J connectivity index is 2.35. The molecular formula is C19H14O3S. The summed E-state index contributed by atoms with van der Waals surface area (Å²) in [4.78, 5) is 0. The Bertz CT molecular complexity index is 1110. The number of benzene rings is 3. The third-order valence-corrected chi connectivity index (χ3v) is 4.40. The highest BCUT2D eigenvalue weighted by Crippen LogP contribution is 2.40. The van der Waals surface area contributed by atoms with Gasteiger partial charge in [0.25, 0.3) is 0 Å². The van der Waals surface area contributed by atoms with E-state index in [0.717, 1.165) is 26.9 Å². The molecule has 3 aromatic carbocycles. The summed E-state index contributed by atoms with van der Waals surface area (Å²) in [5.41, 5.74) is 0.662. The summed E-state index contributed by atoms with van der Waals surface area (Å²) in [5.74, 6) is 1.38. The molecular weight excluding hydrogens is 308 g/mol. The second-order valence-electron chi connectivity index (χ2n) is 5.30. The van der Waals surface area contributed by atoms with Crippen LogP contribution in [0.2, 0.25) is 0 Å². The SMILES string of the molecule is COc1cc(OC)c2c(c1)oc(=S)c1ccc3ccccc3c12. The summed E-state index contributed by atoms with van der Waals surface area (Å²) in [5, 5.41) is 5.15. The molecule has 0 aliphatic heterocycles. The van der Waals surface area contributed by atoms with Crippen molar-refractivity contribution in [3.8, 4) is 11.5 Å². The van der Waals surface area contributed by atoms with Gasteiger partial charge in [-0.25, -0.2) is 0 Å². The monoisotopic (exact) mass is 322 g/mol. The normalized spacial score (nSPS) is 11.2. The van der Waals surface area contributed by atoms with E-state index in [1.165, 1.54) is 0 Å². The molecule has 114 valence electrons. The summed E-state index contributed by atoms with van der Waals surface area (Å²) >= 11 is 5.45. The molecule has 0 spiro atoms. The molecule has 23 heavy (non-hydrogen) atoms. The first-order chi connectivity index (χ1) is 11.2. The molecule has 0 unspecified atom stereocenters. The fourth-order valence-corrected chi connectivity index (χ4v) is 3.30. The minimum Gasteiger partial charge on any atom is -0.496 e. The van der Waals surface area contributed by atoms with E-state index in [-0.39, 0.29) is 0 Å². The molecule has 0 aliphatic carbocycles. The van der Waals surface area contributed by atoms with Gasteiger partial charge in [0.2, 0.25) is 0 Å². The van der Waals surface area contributed by atoms with Crippen LogP contribution in [-0.2, 0) is 0 Å². The van der Waals surface area contributed by atoms with Crippen LogP contribution in [0.15, 0.2) is 52.9 Å². The van der Waals surface area contributed by atoms with Crippen LogP contribution >= 0.6 is 12.2 Å². The van der Waals surface area contributed by atoms with Crippen LogP contribution < -0.4 is 9.47 Å². The van der Waals surface area contributed by atoms with Gasteiger partial charge in [-0.2, -0.15) is 0 Å². The second-order valence-corrected chi connectivity index (χ2v) is 5.67. The summed E-state index contributed by atoms with van der Waals surface area (Å²) in [7, 11) is 3.26. The van der Waals surface area contributed by atoms with E-state index in [1.807, 2.05) is 30.3 Å². The van der Waals surface area contributed by atoms with E-state index in [0.29, 0.717) is 21.8 Å². The fourth-order valence-electron chi connectivity index (χ4n) is 3.04. The van der Waals surface area contributed by atoms with Crippen LogP contribution in [0.5, 0.6) is 11.5 Å². The van der Waals surface area contributed by atoms with Gasteiger partial charge in [0.05, 0.1) is 19.6 Å². The topological polar surface area (TPSA) is 31.6 Å². The first-order valence-electron chi connectivity index (χ1n) is 7.23.